The standard InChI is InChI=1S/C15H22N4O3S/c1-3-21-8-5-7-16-14(20)12(2)23-15-18-17-11-19(15)10-13-6-4-9-22-13/h4,6,9,11-12H,3,5,7-8,10H2,1-2H3,(H,16,20). The van der Waals surface area contributed by atoms with E-state index in [0.717, 1.165) is 12.2 Å². The number of furan rings is 1. The lowest BCUT2D eigenvalue weighted by Crippen LogP contribution is -2.32. The molecule has 0 radical (unpaired) electrons. The van der Waals surface area contributed by atoms with Crippen LogP contribution in [0, 0.1) is 0 Å². The van der Waals surface area contributed by atoms with E-state index in [0.29, 0.717) is 31.5 Å². The molecule has 0 aromatic carbocycles. The van der Waals surface area contributed by atoms with Gasteiger partial charge in [-0.25, -0.2) is 0 Å². The van der Waals surface area contributed by atoms with Crippen LogP contribution >= 0.6 is 11.8 Å². The second kappa shape index (κ2) is 9.36. The Bertz CT molecular complexity index is 585. The van der Waals surface area contributed by atoms with Gasteiger partial charge >= 0.3 is 0 Å². The topological polar surface area (TPSA) is 82.2 Å². The molecule has 2 aromatic heterocycles. The molecule has 126 valence electrons. The van der Waals surface area contributed by atoms with Gasteiger partial charge in [-0.15, -0.1) is 10.2 Å². The first kappa shape index (κ1) is 17.6. The number of nitrogens with one attached hydrogen (secondary N) is 1. The highest BCUT2D eigenvalue weighted by atomic mass is 32.2. The molecule has 1 N–H and O–H groups in total. The van der Waals surface area contributed by atoms with E-state index >= 15 is 0 Å². The summed E-state index contributed by atoms with van der Waals surface area (Å²) in [5.74, 6) is 0.804. The van der Waals surface area contributed by atoms with Crippen LogP contribution in [0.15, 0.2) is 34.3 Å². The summed E-state index contributed by atoms with van der Waals surface area (Å²) < 4.78 is 12.4. The lowest BCUT2D eigenvalue weighted by molar-refractivity contribution is -0.120. The smallest absolute Gasteiger partial charge is 0.233 e. The van der Waals surface area contributed by atoms with Crippen LogP contribution in [0.4, 0.5) is 0 Å². The number of amides is 1. The van der Waals surface area contributed by atoms with E-state index in [4.69, 9.17) is 9.15 Å². The second-order valence-corrected chi connectivity index (χ2v) is 6.23. The maximum absolute atomic E-state index is 12.1. The van der Waals surface area contributed by atoms with Crippen molar-refractivity contribution < 1.29 is 13.9 Å². The molecule has 2 heterocycles. The summed E-state index contributed by atoms with van der Waals surface area (Å²) in [6, 6.07) is 3.73. The van der Waals surface area contributed by atoms with Crippen LogP contribution < -0.4 is 5.32 Å². The van der Waals surface area contributed by atoms with E-state index in [1.165, 1.54) is 11.8 Å². The number of carbonyl (C=O) groups excluding carboxylic acids is 1. The van der Waals surface area contributed by atoms with Gasteiger partial charge in [-0.05, 0) is 32.4 Å². The number of hydrogen-bond donors (Lipinski definition) is 1. The molecule has 0 aliphatic carbocycles. The highest BCUT2D eigenvalue weighted by Gasteiger charge is 2.17. The summed E-state index contributed by atoms with van der Waals surface area (Å²) in [5.41, 5.74) is 0. The first-order chi connectivity index (χ1) is 11.2. The summed E-state index contributed by atoms with van der Waals surface area (Å²) in [7, 11) is 0. The van der Waals surface area contributed by atoms with E-state index in [9.17, 15) is 4.79 Å². The van der Waals surface area contributed by atoms with Crippen molar-refractivity contribution in [3.8, 4) is 0 Å². The molecule has 2 rings (SSSR count). The summed E-state index contributed by atoms with van der Waals surface area (Å²) >= 11 is 1.38. The van der Waals surface area contributed by atoms with Crippen LogP contribution in [0.5, 0.6) is 0 Å². The molecule has 0 spiro atoms. The first-order valence-corrected chi connectivity index (χ1v) is 8.51. The molecular formula is C15H22N4O3S. The van der Waals surface area contributed by atoms with Crippen LogP contribution in [-0.2, 0) is 16.1 Å². The van der Waals surface area contributed by atoms with Gasteiger partial charge in [0.1, 0.15) is 12.1 Å². The number of thioether (sulfide) groups is 1. The van der Waals surface area contributed by atoms with Gasteiger partial charge in [0, 0.05) is 19.8 Å². The van der Waals surface area contributed by atoms with E-state index in [1.54, 1.807) is 12.6 Å². The number of rotatable bonds is 10. The van der Waals surface area contributed by atoms with E-state index in [2.05, 4.69) is 15.5 Å². The number of hydrogen-bond acceptors (Lipinski definition) is 6. The Labute approximate surface area is 139 Å². The van der Waals surface area contributed by atoms with Gasteiger partial charge in [0.2, 0.25) is 5.91 Å². The molecule has 0 aliphatic heterocycles. The van der Waals surface area contributed by atoms with Crippen molar-refractivity contribution in [2.45, 2.75) is 37.2 Å². The Morgan fingerprint density at radius 3 is 3.17 bits per heavy atom. The van der Waals surface area contributed by atoms with Crippen molar-refractivity contribution in [2.24, 2.45) is 0 Å². The van der Waals surface area contributed by atoms with Crippen LogP contribution in [0.2, 0.25) is 0 Å². The van der Waals surface area contributed by atoms with Crippen molar-refractivity contribution in [2.75, 3.05) is 19.8 Å². The fourth-order valence-electron chi connectivity index (χ4n) is 1.90. The van der Waals surface area contributed by atoms with Crippen LogP contribution in [0.1, 0.15) is 26.0 Å². The molecule has 0 saturated carbocycles. The summed E-state index contributed by atoms with van der Waals surface area (Å²) in [5, 5.41) is 11.3. The lowest BCUT2D eigenvalue weighted by Gasteiger charge is -2.12. The van der Waals surface area contributed by atoms with Gasteiger partial charge in [-0.3, -0.25) is 4.79 Å². The van der Waals surface area contributed by atoms with E-state index in [-0.39, 0.29) is 11.2 Å². The van der Waals surface area contributed by atoms with Crippen LogP contribution in [-0.4, -0.2) is 45.7 Å². The van der Waals surface area contributed by atoms with Gasteiger partial charge in [-0.1, -0.05) is 11.8 Å². The highest BCUT2D eigenvalue weighted by molar-refractivity contribution is 8.00. The largest absolute Gasteiger partial charge is 0.467 e. The van der Waals surface area contributed by atoms with Gasteiger partial charge in [0.25, 0.3) is 0 Å². The Hall–Kier alpha value is -1.80. The van der Waals surface area contributed by atoms with Crippen LogP contribution in [0.25, 0.3) is 0 Å². The fraction of sp³-hybridized carbons (Fsp3) is 0.533. The number of aromatic nitrogens is 3. The minimum atomic E-state index is -0.248. The van der Waals surface area contributed by atoms with Crippen molar-refractivity contribution >= 4 is 17.7 Å². The van der Waals surface area contributed by atoms with Crippen molar-refractivity contribution in [1.29, 1.82) is 0 Å². The maximum Gasteiger partial charge on any atom is 0.233 e. The first-order valence-electron chi connectivity index (χ1n) is 7.63. The predicted octanol–water partition coefficient (Wildman–Crippen LogP) is 1.94. The zero-order valence-corrected chi connectivity index (χ0v) is 14.2. The van der Waals surface area contributed by atoms with Gasteiger partial charge in [0.05, 0.1) is 18.1 Å². The average molecular weight is 338 g/mol. The number of ether oxygens (including phenoxy) is 1. The molecule has 0 saturated heterocycles. The SMILES string of the molecule is CCOCCCNC(=O)C(C)Sc1nncn1Cc1ccco1. The average Bonchev–Trinajstić information content (AvgIpc) is 3.20. The lowest BCUT2D eigenvalue weighted by atomic mass is 10.4. The van der Waals surface area contributed by atoms with Gasteiger partial charge < -0.3 is 19.0 Å². The van der Waals surface area contributed by atoms with E-state index in [1.807, 2.05) is 30.5 Å². The summed E-state index contributed by atoms with van der Waals surface area (Å²) in [4.78, 5) is 12.1. The fourth-order valence-corrected chi connectivity index (χ4v) is 2.75. The van der Waals surface area contributed by atoms with Crippen molar-refractivity contribution in [3.63, 3.8) is 0 Å². The van der Waals surface area contributed by atoms with Crippen molar-refractivity contribution in [1.82, 2.24) is 20.1 Å². The Balaban J connectivity index is 1.79. The minimum absolute atomic E-state index is 0.0148. The molecule has 23 heavy (non-hydrogen) atoms. The Kier molecular flexibility index (Phi) is 7.15. The Morgan fingerprint density at radius 1 is 1.57 bits per heavy atom. The zero-order valence-electron chi connectivity index (χ0n) is 13.4. The van der Waals surface area contributed by atoms with E-state index < -0.39 is 0 Å². The third-order valence-electron chi connectivity index (χ3n) is 3.11. The third-order valence-corrected chi connectivity index (χ3v) is 4.20. The molecule has 0 aliphatic rings. The normalized spacial score (nSPS) is 12.3. The summed E-state index contributed by atoms with van der Waals surface area (Å²) in [6.45, 7) is 6.33. The van der Waals surface area contributed by atoms with Gasteiger partial charge in [-0.2, -0.15) is 0 Å². The Morgan fingerprint density at radius 2 is 2.43 bits per heavy atom. The summed E-state index contributed by atoms with van der Waals surface area (Å²) in [6.07, 6.45) is 4.08. The minimum Gasteiger partial charge on any atom is -0.467 e. The van der Waals surface area contributed by atoms with Gasteiger partial charge in [0.15, 0.2) is 5.16 Å². The number of carbonyl (C=O) groups is 1. The molecule has 1 unspecified atom stereocenters. The quantitative estimate of drug-likeness (QED) is 0.527. The predicted molar refractivity (Wildman–Crippen MR) is 87.3 cm³/mol. The van der Waals surface area contributed by atoms with Crippen molar-refractivity contribution in [3.05, 3.63) is 30.5 Å². The monoisotopic (exact) mass is 338 g/mol. The molecular weight excluding hydrogens is 316 g/mol. The molecule has 2 aromatic rings. The third kappa shape index (κ3) is 5.72. The second-order valence-electron chi connectivity index (χ2n) is 4.92. The zero-order chi connectivity index (χ0) is 16.5. The molecule has 1 atom stereocenters. The van der Waals surface area contributed by atoms with Crippen LogP contribution in [0.3, 0.4) is 0 Å². The molecule has 8 heteroatoms. The highest BCUT2D eigenvalue weighted by Crippen LogP contribution is 2.21. The molecule has 1 amide bonds. The maximum atomic E-state index is 12.1. The molecule has 0 bridgehead atoms. The number of nitrogens with zero attached hydrogens (tertiary/aromatic N) is 3. The molecule has 0 fully saturated rings. The molecule has 7 nitrogen and oxygen atoms in total.